The molecule has 0 aliphatic heterocycles. The number of rotatable bonds is 13. The lowest BCUT2D eigenvalue weighted by molar-refractivity contribution is 0.0491. The number of aromatic nitrogens is 5. The third-order valence-electron chi connectivity index (χ3n) is 11.4. The van der Waals surface area contributed by atoms with E-state index in [-0.39, 0.29) is 18.2 Å². The number of anilines is 3. The molecule has 0 radical (unpaired) electrons. The number of benzene rings is 4. The van der Waals surface area contributed by atoms with Crippen LogP contribution in [0.2, 0.25) is 0 Å². The molecule has 8 rings (SSSR count). The molecule has 0 bridgehead atoms. The smallest absolute Gasteiger partial charge is 0.412 e. The second kappa shape index (κ2) is 19.4. The van der Waals surface area contributed by atoms with Crippen molar-refractivity contribution in [3.63, 3.8) is 0 Å². The van der Waals surface area contributed by atoms with Gasteiger partial charge in [-0.1, -0.05) is 115 Å². The van der Waals surface area contributed by atoms with Gasteiger partial charge >= 0.3 is 12.2 Å². The monoisotopic (exact) mass is 885 g/mol. The number of carbonyl (C=O) groups is 2. The van der Waals surface area contributed by atoms with Gasteiger partial charge in [0.05, 0.1) is 11.1 Å². The summed E-state index contributed by atoms with van der Waals surface area (Å²) in [5.74, 6) is 1.16. The van der Waals surface area contributed by atoms with Crippen molar-refractivity contribution < 1.29 is 19.1 Å². The molecule has 13 nitrogen and oxygen atoms in total. The molecular weight excluding hydrogens is 827 g/mol. The van der Waals surface area contributed by atoms with E-state index in [1.807, 2.05) is 113 Å². The first kappa shape index (κ1) is 45.3. The summed E-state index contributed by atoms with van der Waals surface area (Å²) in [6, 6.07) is 45.0. The third kappa shape index (κ3) is 10.6. The van der Waals surface area contributed by atoms with Gasteiger partial charge in [0.15, 0.2) is 5.65 Å². The Bertz CT molecular complexity index is 2640. The normalized spacial score (nSPS) is 15.4. The molecule has 4 aromatic carbocycles. The molecule has 0 unspecified atom stereocenters. The summed E-state index contributed by atoms with van der Waals surface area (Å²) in [4.78, 5) is 40.5. The molecule has 2 amide bonds. The Morgan fingerprint density at radius 1 is 0.652 bits per heavy atom. The van der Waals surface area contributed by atoms with Crippen LogP contribution in [-0.4, -0.2) is 66.7 Å². The van der Waals surface area contributed by atoms with Crippen LogP contribution in [0.3, 0.4) is 0 Å². The fourth-order valence-electron chi connectivity index (χ4n) is 8.60. The molecule has 1 saturated carbocycles. The minimum Gasteiger partial charge on any atom is -0.444 e. The van der Waals surface area contributed by atoms with Crippen molar-refractivity contribution in [2.24, 2.45) is 0 Å². The van der Waals surface area contributed by atoms with Crippen molar-refractivity contribution in [1.82, 2.24) is 30.0 Å². The number of hydrogen-bond acceptors (Lipinski definition) is 10. The zero-order valence-corrected chi connectivity index (χ0v) is 38.5. The molecule has 4 N–H and O–H groups in total. The second-order valence-electron chi connectivity index (χ2n) is 18.7. The number of carbonyl (C=O) groups excluding carboxylic acids is 2. The largest absolute Gasteiger partial charge is 0.444 e. The van der Waals surface area contributed by atoms with E-state index in [0.717, 1.165) is 53.3 Å². The number of amides is 2. The molecule has 1 aliphatic carbocycles. The fourth-order valence-corrected chi connectivity index (χ4v) is 8.60. The van der Waals surface area contributed by atoms with Gasteiger partial charge in [0.25, 0.3) is 0 Å². The van der Waals surface area contributed by atoms with Crippen molar-refractivity contribution in [2.75, 3.05) is 22.5 Å². The van der Waals surface area contributed by atoms with Gasteiger partial charge in [-0.25, -0.2) is 24.2 Å². The predicted octanol–water partition coefficient (Wildman–Crippen LogP) is 11.0. The maximum absolute atomic E-state index is 12.6. The summed E-state index contributed by atoms with van der Waals surface area (Å²) >= 11 is 0. The molecule has 7 aromatic rings. The van der Waals surface area contributed by atoms with Crippen LogP contribution in [0.25, 0.3) is 22.4 Å². The van der Waals surface area contributed by atoms with Gasteiger partial charge in [0.1, 0.15) is 28.3 Å². The number of nitrogens with one attached hydrogen (secondary N) is 4. The number of fused-ring (bicyclic) bond motifs is 1. The van der Waals surface area contributed by atoms with Gasteiger partial charge in [-0.15, -0.1) is 0 Å². The molecule has 66 heavy (non-hydrogen) atoms. The topological polar surface area (TPSA) is 157 Å². The van der Waals surface area contributed by atoms with Crippen LogP contribution in [0.4, 0.5) is 27.0 Å². The summed E-state index contributed by atoms with van der Waals surface area (Å²) in [5, 5.41) is 19.4. The maximum atomic E-state index is 12.6. The number of para-hydroxylation sites is 1. The number of nitrogens with zero attached hydrogens (tertiary/aromatic N) is 5. The van der Waals surface area contributed by atoms with Crippen molar-refractivity contribution in [3.8, 4) is 11.4 Å². The minimum absolute atomic E-state index is 0.0308. The van der Waals surface area contributed by atoms with Gasteiger partial charge in [-0.3, -0.25) is 5.32 Å². The van der Waals surface area contributed by atoms with Gasteiger partial charge in [-0.05, 0) is 114 Å². The molecule has 1 fully saturated rings. The number of ether oxygens (including phenoxy) is 2. The van der Waals surface area contributed by atoms with Gasteiger partial charge in [-0.2, -0.15) is 10.1 Å². The molecule has 13 heteroatoms. The maximum Gasteiger partial charge on any atom is 0.412 e. The van der Waals surface area contributed by atoms with Crippen LogP contribution >= 0.6 is 0 Å². The SMILES string of the molecule is CC(C)(C)OC(=O)Nc1ccccc1CCNc1cccc(-c2nn(C(c3ccccc3)(c3ccccc3)c3ccccc3)c3nc(NC4CCC(NC(=O)OC(C)(C)C)CC4)ncc23)n1. The van der Waals surface area contributed by atoms with E-state index >= 15 is 0 Å². The van der Waals surface area contributed by atoms with Gasteiger partial charge < -0.3 is 25.4 Å². The number of alkyl carbamates (subject to hydrolysis) is 1. The lowest BCUT2D eigenvalue weighted by Gasteiger charge is -2.36. The molecular formula is C53H59N9O4. The Hall–Kier alpha value is -7.28. The summed E-state index contributed by atoms with van der Waals surface area (Å²) in [7, 11) is 0. The summed E-state index contributed by atoms with van der Waals surface area (Å²) in [5.41, 5.74) is 4.46. The van der Waals surface area contributed by atoms with Crippen molar-refractivity contribution in [1.29, 1.82) is 0 Å². The highest BCUT2D eigenvalue weighted by molar-refractivity contribution is 5.91. The first-order valence-electron chi connectivity index (χ1n) is 22.7. The van der Waals surface area contributed by atoms with Crippen LogP contribution in [0.15, 0.2) is 140 Å². The van der Waals surface area contributed by atoms with E-state index in [4.69, 9.17) is 29.5 Å². The first-order valence-corrected chi connectivity index (χ1v) is 22.7. The lowest BCUT2D eigenvalue weighted by Crippen LogP contribution is -2.42. The molecule has 1 aliphatic rings. The van der Waals surface area contributed by atoms with E-state index in [1.54, 1.807) is 0 Å². The summed E-state index contributed by atoms with van der Waals surface area (Å²) in [6.45, 7) is 11.7. The van der Waals surface area contributed by atoms with Gasteiger partial charge in [0, 0.05) is 30.5 Å². The highest BCUT2D eigenvalue weighted by Gasteiger charge is 2.42. The Balaban J connectivity index is 1.15. The van der Waals surface area contributed by atoms with Crippen molar-refractivity contribution in [2.45, 2.75) is 102 Å². The zero-order chi connectivity index (χ0) is 46.3. The van der Waals surface area contributed by atoms with E-state index < -0.39 is 22.8 Å². The van der Waals surface area contributed by atoms with Crippen molar-refractivity contribution >= 4 is 40.7 Å². The van der Waals surface area contributed by atoms with E-state index in [2.05, 4.69) is 94.1 Å². The first-order chi connectivity index (χ1) is 31.7. The Kier molecular flexibility index (Phi) is 13.3. The second-order valence-corrected chi connectivity index (χ2v) is 18.7. The predicted molar refractivity (Wildman–Crippen MR) is 261 cm³/mol. The van der Waals surface area contributed by atoms with Crippen LogP contribution in [0, 0.1) is 0 Å². The van der Waals surface area contributed by atoms with E-state index in [9.17, 15) is 9.59 Å². The molecule has 340 valence electrons. The average Bonchev–Trinajstić information content (AvgIpc) is 3.67. The lowest BCUT2D eigenvalue weighted by atomic mass is 9.77. The molecule has 0 saturated heterocycles. The van der Waals surface area contributed by atoms with Crippen LogP contribution in [0.5, 0.6) is 0 Å². The highest BCUT2D eigenvalue weighted by Crippen LogP contribution is 2.43. The fraction of sp³-hybridized carbons (Fsp3) is 0.321. The van der Waals surface area contributed by atoms with Crippen LogP contribution < -0.4 is 21.3 Å². The number of pyridine rings is 1. The molecule has 3 aromatic heterocycles. The Morgan fingerprint density at radius 3 is 1.82 bits per heavy atom. The standard InChI is InChI=1S/C53H59N9O4/c1-51(2,3)65-49(63)57-41-31-29-40(30-32-41)56-48-55-35-42-46(44-27-18-28-45(58-44)54-34-33-36-19-16-17-26-43(36)59-50(64)66-52(4,5)6)61-62(47(42)60-48)53(37-20-10-7-11-21-37,38-22-12-8-13-23-38)39-24-14-9-15-25-39/h7-28,35,40-41H,29-34H2,1-6H3,(H,54,58)(H,57,63)(H,59,64)(H,55,56,60). The molecule has 3 heterocycles. The third-order valence-corrected chi connectivity index (χ3v) is 11.4. The van der Waals surface area contributed by atoms with Crippen LogP contribution in [0.1, 0.15) is 89.5 Å². The van der Waals surface area contributed by atoms with Crippen LogP contribution in [-0.2, 0) is 21.4 Å². The summed E-state index contributed by atoms with van der Waals surface area (Å²) < 4.78 is 13.1. The zero-order valence-electron chi connectivity index (χ0n) is 38.5. The van der Waals surface area contributed by atoms with E-state index in [1.165, 1.54) is 0 Å². The summed E-state index contributed by atoms with van der Waals surface area (Å²) in [6.07, 6.45) is 4.83. The average molecular weight is 886 g/mol. The highest BCUT2D eigenvalue weighted by atomic mass is 16.6. The molecule has 0 spiro atoms. The minimum atomic E-state index is -0.964. The Morgan fingerprint density at radius 2 is 1.21 bits per heavy atom. The Labute approximate surface area is 386 Å². The van der Waals surface area contributed by atoms with Gasteiger partial charge in [0.2, 0.25) is 5.95 Å². The molecule has 0 atom stereocenters. The van der Waals surface area contributed by atoms with Crippen molar-refractivity contribution in [3.05, 3.63) is 162 Å². The van der Waals surface area contributed by atoms with E-state index in [0.29, 0.717) is 47.5 Å². The number of hydrogen-bond donors (Lipinski definition) is 4. The quantitative estimate of drug-likeness (QED) is 0.0822.